The number of β-amino-alcohol motifs (C(OH)–C–C–N with tert-alkyl or cyclic N) is 1. The number of likely N-dealkylation sites (tertiary alicyclic amines) is 1. The quantitative estimate of drug-likeness (QED) is 0.740. The molecule has 1 aromatic rings. The number of hydrogen-bond acceptors (Lipinski definition) is 4. The standard InChI is InChI=1S/C14H15N3O4/c15-6-9-1-3-10(4-2-9)7-16-14(21)17-8-11(18)5-12(17)13(19)20/h1-4,11-12,18H,5,7-8H2,(H,16,21)(H,19,20)/t11?,12-/m0/s1. The van der Waals surface area contributed by atoms with Crippen LogP contribution in [0.4, 0.5) is 4.79 Å². The van der Waals surface area contributed by atoms with E-state index in [4.69, 9.17) is 10.4 Å². The van der Waals surface area contributed by atoms with E-state index in [1.54, 1.807) is 24.3 Å². The van der Waals surface area contributed by atoms with Gasteiger partial charge in [0.15, 0.2) is 0 Å². The smallest absolute Gasteiger partial charge is 0.326 e. The first-order valence-electron chi connectivity index (χ1n) is 6.45. The molecule has 0 aliphatic carbocycles. The molecule has 2 atom stereocenters. The highest BCUT2D eigenvalue weighted by atomic mass is 16.4. The summed E-state index contributed by atoms with van der Waals surface area (Å²) in [5, 5.41) is 29.8. The molecule has 7 nitrogen and oxygen atoms in total. The summed E-state index contributed by atoms with van der Waals surface area (Å²) in [6, 6.07) is 7.18. The van der Waals surface area contributed by atoms with E-state index in [9.17, 15) is 14.7 Å². The third-order valence-electron chi connectivity index (χ3n) is 3.35. The van der Waals surface area contributed by atoms with Gasteiger partial charge >= 0.3 is 12.0 Å². The van der Waals surface area contributed by atoms with Crippen molar-refractivity contribution in [3.05, 3.63) is 35.4 Å². The SMILES string of the molecule is N#Cc1ccc(CNC(=O)N2CC(O)C[C@H]2C(=O)O)cc1. The van der Waals surface area contributed by atoms with Gasteiger partial charge in [-0.2, -0.15) is 5.26 Å². The van der Waals surface area contributed by atoms with Gasteiger partial charge in [-0.15, -0.1) is 0 Å². The number of carbonyl (C=O) groups excluding carboxylic acids is 1. The maximum atomic E-state index is 12.0. The maximum Gasteiger partial charge on any atom is 0.326 e. The Morgan fingerprint density at radius 2 is 2.05 bits per heavy atom. The Morgan fingerprint density at radius 1 is 1.38 bits per heavy atom. The first kappa shape index (κ1) is 14.8. The zero-order valence-electron chi connectivity index (χ0n) is 11.2. The first-order chi connectivity index (χ1) is 10.0. The number of rotatable bonds is 3. The number of carbonyl (C=O) groups is 2. The Kier molecular flexibility index (Phi) is 4.40. The molecule has 7 heteroatoms. The van der Waals surface area contributed by atoms with E-state index in [-0.39, 0.29) is 19.5 Å². The highest BCUT2D eigenvalue weighted by molar-refractivity contribution is 5.83. The number of aliphatic carboxylic acids is 1. The largest absolute Gasteiger partial charge is 0.480 e. The number of benzene rings is 1. The molecule has 1 aliphatic rings. The molecule has 3 N–H and O–H groups in total. The van der Waals surface area contributed by atoms with Crippen LogP contribution >= 0.6 is 0 Å². The third-order valence-corrected chi connectivity index (χ3v) is 3.35. The lowest BCUT2D eigenvalue weighted by atomic mass is 10.1. The fourth-order valence-corrected chi connectivity index (χ4v) is 2.25. The molecule has 21 heavy (non-hydrogen) atoms. The van der Waals surface area contributed by atoms with E-state index >= 15 is 0 Å². The zero-order chi connectivity index (χ0) is 15.4. The predicted molar refractivity (Wildman–Crippen MR) is 72.1 cm³/mol. The topological polar surface area (TPSA) is 114 Å². The molecule has 0 bridgehead atoms. The molecule has 1 aliphatic heterocycles. The molecular formula is C14H15N3O4. The van der Waals surface area contributed by atoms with Crippen molar-refractivity contribution in [1.82, 2.24) is 10.2 Å². The highest BCUT2D eigenvalue weighted by Gasteiger charge is 2.38. The number of nitrogens with zero attached hydrogens (tertiary/aromatic N) is 2. The molecule has 2 rings (SSSR count). The minimum Gasteiger partial charge on any atom is -0.480 e. The average Bonchev–Trinajstić information content (AvgIpc) is 2.87. The summed E-state index contributed by atoms with van der Waals surface area (Å²) in [7, 11) is 0. The van der Waals surface area contributed by atoms with Crippen LogP contribution in [-0.4, -0.2) is 45.8 Å². The Hall–Kier alpha value is -2.59. The molecule has 0 radical (unpaired) electrons. The second kappa shape index (κ2) is 6.24. The number of carboxylic acids is 1. The number of nitriles is 1. The number of aliphatic hydroxyl groups is 1. The Balaban J connectivity index is 1.94. The van der Waals surface area contributed by atoms with Gasteiger partial charge in [0.1, 0.15) is 6.04 Å². The molecule has 0 saturated carbocycles. The van der Waals surface area contributed by atoms with Crippen molar-refractivity contribution in [2.45, 2.75) is 25.1 Å². The second-order valence-electron chi connectivity index (χ2n) is 4.86. The van der Waals surface area contributed by atoms with Crippen LogP contribution in [0.1, 0.15) is 17.5 Å². The summed E-state index contributed by atoms with van der Waals surface area (Å²) in [5.74, 6) is -1.12. The van der Waals surface area contributed by atoms with Crippen LogP contribution in [0, 0.1) is 11.3 Å². The Bertz CT molecular complexity index is 579. The summed E-state index contributed by atoms with van der Waals surface area (Å²) in [6.45, 7) is 0.236. The summed E-state index contributed by atoms with van der Waals surface area (Å²) in [5.41, 5.74) is 1.33. The van der Waals surface area contributed by atoms with Gasteiger partial charge in [0.25, 0.3) is 0 Å². The molecule has 0 aromatic heterocycles. The van der Waals surface area contributed by atoms with Gasteiger partial charge in [-0.1, -0.05) is 12.1 Å². The van der Waals surface area contributed by atoms with E-state index < -0.39 is 24.1 Å². The number of urea groups is 1. The average molecular weight is 289 g/mol. The number of hydrogen-bond donors (Lipinski definition) is 3. The van der Waals surface area contributed by atoms with E-state index in [0.29, 0.717) is 5.56 Å². The first-order valence-corrected chi connectivity index (χ1v) is 6.45. The van der Waals surface area contributed by atoms with Crippen molar-refractivity contribution >= 4 is 12.0 Å². The van der Waals surface area contributed by atoms with Crippen LogP contribution < -0.4 is 5.32 Å². The van der Waals surface area contributed by atoms with Crippen LogP contribution in [0.5, 0.6) is 0 Å². The molecule has 1 aromatic carbocycles. The Labute approximate surface area is 121 Å². The zero-order valence-corrected chi connectivity index (χ0v) is 11.2. The van der Waals surface area contributed by atoms with Crippen LogP contribution in [0.3, 0.4) is 0 Å². The second-order valence-corrected chi connectivity index (χ2v) is 4.86. The van der Waals surface area contributed by atoms with Crippen molar-refractivity contribution in [1.29, 1.82) is 5.26 Å². The van der Waals surface area contributed by atoms with E-state index in [0.717, 1.165) is 10.5 Å². The summed E-state index contributed by atoms with van der Waals surface area (Å²) >= 11 is 0. The molecule has 1 heterocycles. The van der Waals surface area contributed by atoms with E-state index in [1.807, 2.05) is 6.07 Å². The molecule has 110 valence electrons. The van der Waals surface area contributed by atoms with Gasteiger partial charge in [-0.05, 0) is 17.7 Å². The van der Waals surface area contributed by atoms with Crippen molar-refractivity contribution in [2.75, 3.05) is 6.54 Å². The van der Waals surface area contributed by atoms with Crippen molar-refractivity contribution in [3.8, 4) is 6.07 Å². The number of carboxylic acid groups (broad SMARTS) is 1. The molecule has 2 amide bonds. The lowest BCUT2D eigenvalue weighted by Crippen LogP contribution is -2.45. The van der Waals surface area contributed by atoms with Crippen molar-refractivity contribution < 1.29 is 19.8 Å². The maximum absolute atomic E-state index is 12.0. The van der Waals surface area contributed by atoms with E-state index in [1.165, 1.54) is 0 Å². The van der Waals surface area contributed by atoms with Gasteiger partial charge in [-0.3, -0.25) is 0 Å². The molecule has 1 fully saturated rings. The lowest BCUT2D eigenvalue weighted by molar-refractivity contribution is -0.141. The number of amides is 2. The lowest BCUT2D eigenvalue weighted by Gasteiger charge is -2.21. The van der Waals surface area contributed by atoms with Gasteiger partial charge in [0.2, 0.25) is 0 Å². The Morgan fingerprint density at radius 3 is 2.62 bits per heavy atom. The van der Waals surface area contributed by atoms with Gasteiger partial charge in [-0.25, -0.2) is 9.59 Å². The number of nitrogens with one attached hydrogen (secondary N) is 1. The highest BCUT2D eigenvalue weighted by Crippen LogP contribution is 2.18. The fraction of sp³-hybridized carbons (Fsp3) is 0.357. The van der Waals surface area contributed by atoms with Gasteiger partial charge in [0, 0.05) is 19.5 Å². The van der Waals surface area contributed by atoms with Crippen LogP contribution in [0.25, 0.3) is 0 Å². The van der Waals surface area contributed by atoms with Crippen molar-refractivity contribution in [2.24, 2.45) is 0 Å². The van der Waals surface area contributed by atoms with Crippen LogP contribution in [0.2, 0.25) is 0 Å². The summed E-state index contributed by atoms with van der Waals surface area (Å²) < 4.78 is 0. The van der Waals surface area contributed by atoms with Crippen LogP contribution in [0.15, 0.2) is 24.3 Å². The van der Waals surface area contributed by atoms with Gasteiger partial charge < -0.3 is 20.4 Å². The fourth-order valence-electron chi connectivity index (χ4n) is 2.25. The van der Waals surface area contributed by atoms with Crippen molar-refractivity contribution in [3.63, 3.8) is 0 Å². The van der Waals surface area contributed by atoms with E-state index in [2.05, 4.69) is 5.32 Å². The monoisotopic (exact) mass is 289 g/mol. The van der Waals surface area contributed by atoms with Crippen LogP contribution in [-0.2, 0) is 11.3 Å². The predicted octanol–water partition coefficient (Wildman–Crippen LogP) is 0.288. The minimum atomic E-state index is -1.12. The third kappa shape index (κ3) is 3.49. The number of aliphatic hydroxyl groups excluding tert-OH is 1. The summed E-state index contributed by atoms with van der Waals surface area (Å²) in [6.07, 6.45) is -0.772. The molecule has 1 saturated heterocycles. The summed E-state index contributed by atoms with van der Waals surface area (Å²) in [4.78, 5) is 24.2. The van der Waals surface area contributed by atoms with Gasteiger partial charge in [0.05, 0.1) is 17.7 Å². The molecular weight excluding hydrogens is 274 g/mol. The minimum absolute atomic E-state index is 0.0101. The molecule has 1 unspecified atom stereocenters. The molecule has 0 spiro atoms. The normalized spacial score (nSPS) is 20.9.